The normalized spacial score (nSPS) is 15.2. The number of phenols is 1. The van der Waals surface area contributed by atoms with Gasteiger partial charge in [-0.05, 0) is 25.0 Å². The summed E-state index contributed by atoms with van der Waals surface area (Å²) in [5.74, 6) is -1.14. The van der Waals surface area contributed by atoms with Gasteiger partial charge in [0.1, 0.15) is 5.56 Å². The second-order valence-electron chi connectivity index (χ2n) is 4.04. The van der Waals surface area contributed by atoms with Crippen molar-refractivity contribution in [2.75, 3.05) is 11.8 Å². The van der Waals surface area contributed by atoms with Crippen molar-refractivity contribution < 1.29 is 23.1 Å². The number of esters is 1. The highest BCUT2D eigenvalue weighted by molar-refractivity contribution is 7.93. The molecular formula is C11H13NO5S. The van der Waals surface area contributed by atoms with Crippen LogP contribution in [0.4, 0.5) is 5.69 Å². The third kappa shape index (κ3) is 2.40. The molecule has 0 saturated heterocycles. The summed E-state index contributed by atoms with van der Waals surface area (Å²) in [6, 6.07) is 4.22. The first-order valence-electron chi connectivity index (χ1n) is 5.37. The molecule has 0 unspecified atom stereocenters. The summed E-state index contributed by atoms with van der Waals surface area (Å²) >= 11 is 0. The number of sulfonamides is 1. The Bertz CT molecular complexity index is 577. The van der Waals surface area contributed by atoms with E-state index < -0.39 is 27.0 Å². The molecule has 0 amide bonds. The van der Waals surface area contributed by atoms with Crippen LogP contribution in [0.1, 0.15) is 23.2 Å². The van der Waals surface area contributed by atoms with Crippen molar-refractivity contribution in [2.24, 2.45) is 0 Å². The Labute approximate surface area is 105 Å². The minimum atomic E-state index is -3.47. The van der Waals surface area contributed by atoms with Crippen LogP contribution in [-0.2, 0) is 14.8 Å². The number of nitrogens with one attached hydrogen (secondary N) is 1. The molecule has 1 fully saturated rings. The highest BCUT2D eigenvalue weighted by Crippen LogP contribution is 2.33. The van der Waals surface area contributed by atoms with Crippen molar-refractivity contribution in [3.8, 4) is 5.75 Å². The van der Waals surface area contributed by atoms with E-state index >= 15 is 0 Å². The van der Waals surface area contributed by atoms with E-state index in [9.17, 15) is 18.3 Å². The third-order valence-corrected chi connectivity index (χ3v) is 4.51. The van der Waals surface area contributed by atoms with E-state index in [0.29, 0.717) is 12.8 Å². The molecule has 1 saturated carbocycles. The summed E-state index contributed by atoms with van der Waals surface area (Å²) in [5, 5.41) is 9.42. The van der Waals surface area contributed by atoms with Crippen LogP contribution in [0.25, 0.3) is 0 Å². The second kappa shape index (κ2) is 4.49. The van der Waals surface area contributed by atoms with E-state index in [-0.39, 0.29) is 11.3 Å². The van der Waals surface area contributed by atoms with Crippen LogP contribution in [0.3, 0.4) is 0 Å². The topological polar surface area (TPSA) is 92.7 Å². The van der Waals surface area contributed by atoms with Gasteiger partial charge in [-0.25, -0.2) is 13.2 Å². The predicted octanol–water partition coefficient (Wildman–Crippen LogP) is 1.08. The van der Waals surface area contributed by atoms with Gasteiger partial charge in [-0.2, -0.15) is 0 Å². The molecule has 1 aromatic rings. The van der Waals surface area contributed by atoms with E-state index in [0.717, 1.165) is 0 Å². The average molecular weight is 271 g/mol. The van der Waals surface area contributed by atoms with E-state index in [1.54, 1.807) is 0 Å². The standard InChI is InChI=1S/C11H13NO5S/c1-17-11(14)8-3-2-4-9(10(8)13)12-18(15,16)7-5-6-7/h2-4,7,12-13H,5-6H2,1H3. The maximum absolute atomic E-state index is 11.7. The fourth-order valence-electron chi connectivity index (χ4n) is 1.52. The largest absolute Gasteiger partial charge is 0.505 e. The molecule has 0 bridgehead atoms. The maximum atomic E-state index is 11.7. The molecule has 0 spiro atoms. The van der Waals surface area contributed by atoms with Gasteiger partial charge in [0, 0.05) is 0 Å². The molecule has 18 heavy (non-hydrogen) atoms. The first-order valence-corrected chi connectivity index (χ1v) is 6.92. The SMILES string of the molecule is COC(=O)c1cccc(NS(=O)(=O)C2CC2)c1O. The number of ether oxygens (including phenoxy) is 1. The number of para-hydroxylation sites is 1. The monoisotopic (exact) mass is 271 g/mol. The molecular weight excluding hydrogens is 258 g/mol. The first-order chi connectivity index (χ1) is 8.45. The number of anilines is 1. The lowest BCUT2D eigenvalue weighted by atomic mass is 10.2. The number of rotatable bonds is 4. The molecule has 0 radical (unpaired) electrons. The summed E-state index contributed by atoms with van der Waals surface area (Å²) in [6.07, 6.45) is 1.24. The van der Waals surface area contributed by atoms with Crippen LogP contribution in [0, 0.1) is 0 Å². The zero-order valence-corrected chi connectivity index (χ0v) is 10.5. The minimum Gasteiger partial charge on any atom is -0.505 e. The molecule has 7 heteroatoms. The number of hydrogen-bond donors (Lipinski definition) is 2. The third-order valence-electron chi connectivity index (χ3n) is 2.66. The molecule has 1 aromatic carbocycles. The van der Waals surface area contributed by atoms with Crippen molar-refractivity contribution in [3.63, 3.8) is 0 Å². The zero-order chi connectivity index (χ0) is 13.3. The van der Waals surface area contributed by atoms with E-state index in [1.807, 2.05) is 0 Å². The second-order valence-corrected chi connectivity index (χ2v) is 6.00. The van der Waals surface area contributed by atoms with Crippen molar-refractivity contribution in [1.29, 1.82) is 0 Å². The Kier molecular flexibility index (Phi) is 3.16. The van der Waals surface area contributed by atoms with Gasteiger partial charge in [-0.1, -0.05) is 6.07 Å². The van der Waals surface area contributed by atoms with Crippen LogP contribution in [0.5, 0.6) is 5.75 Å². The van der Waals surface area contributed by atoms with Gasteiger partial charge >= 0.3 is 5.97 Å². The summed E-state index contributed by atoms with van der Waals surface area (Å²) < 4.78 is 30.2. The van der Waals surface area contributed by atoms with Gasteiger partial charge in [0.2, 0.25) is 10.0 Å². The van der Waals surface area contributed by atoms with Crippen molar-refractivity contribution in [1.82, 2.24) is 0 Å². The molecule has 1 aliphatic carbocycles. The average Bonchev–Trinajstić information content (AvgIpc) is 3.15. The van der Waals surface area contributed by atoms with Crippen LogP contribution in [-0.4, -0.2) is 31.9 Å². The molecule has 0 aliphatic heterocycles. The van der Waals surface area contributed by atoms with Gasteiger partial charge in [0.05, 0.1) is 18.0 Å². The lowest BCUT2D eigenvalue weighted by molar-refractivity contribution is 0.0597. The Morgan fingerprint density at radius 1 is 1.44 bits per heavy atom. The van der Waals surface area contributed by atoms with Crippen molar-refractivity contribution in [3.05, 3.63) is 23.8 Å². The van der Waals surface area contributed by atoms with Gasteiger partial charge in [0.25, 0.3) is 0 Å². The highest BCUT2D eigenvalue weighted by Gasteiger charge is 2.36. The van der Waals surface area contributed by atoms with Gasteiger partial charge in [0.15, 0.2) is 5.75 Å². The molecule has 0 heterocycles. The molecule has 2 N–H and O–H groups in total. The van der Waals surface area contributed by atoms with E-state index in [2.05, 4.69) is 9.46 Å². The summed E-state index contributed by atoms with van der Waals surface area (Å²) in [5.41, 5.74) is -0.0849. The number of carbonyl (C=O) groups is 1. The Morgan fingerprint density at radius 3 is 2.67 bits per heavy atom. The van der Waals surface area contributed by atoms with Crippen LogP contribution >= 0.6 is 0 Å². The van der Waals surface area contributed by atoms with E-state index in [4.69, 9.17) is 0 Å². The number of hydrogen-bond acceptors (Lipinski definition) is 5. The number of phenolic OH excluding ortho intramolecular Hbond substituents is 1. The predicted molar refractivity (Wildman–Crippen MR) is 65.0 cm³/mol. The van der Waals surface area contributed by atoms with Crippen LogP contribution < -0.4 is 4.72 Å². The Hall–Kier alpha value is -1.76. The molecule has 2 rings (SSSR count). The number of methoxy groups -OCH3 is 1. The lowest BCUT2D eigenvalue weighted by Gasteiger charge is -2.10. The fraction of sp³-hybridized carbons (Fsp3) is 0.364. The van der Waals surface area contributed by atoms with Crippen LogP contribution in [0.2, 0.25) is 0 Å². The summed E-state index contributed by atoms with van der Waals surface area (Å²) in [7, 11) is -2.29. The van der Waals surface area contributed by atoms with Gasteiger partial charge < -0.3 is 9.84 Å². The zero-order valence-electron chi connectivity index (χ0n) is 9.71. The Morgan fingerprint density at radius 2 is 2.11 bits per heavy atom. The number of benzene rings is 1. The maximum Gasteiger partial charge on any atom is 0.341 e. The lowest BCUT2D eigenvalue weighted by Crippen LogP contribution is -2.17. The highest BCUT2D eigenvalue weighted by atomic mass is 32.2. The van der Waals surface area contributed by atoms with Crippen LogP contribution in [0.15, 0.2) is 18.2 Å². The van der Waals surface area contributed by atoms with Gasteiger partial charge in [-0.15, -0.1) is 0 Å². The first kappa shape index (κ1) is 12.7. The quantitative estimate of drug-likeness (QED) is 0.631. The smallest absolute Gasteiger partial charge is 0.341 e. The minimum absolute atomic E-state index is 0.00944. The molecule has 6 nitrogen and oxygen atoms in total. The molecule has 0 aromatic heterocycles. The van der Waals surface area contributed by atoms with Gasteiger partial charge in [-0.3, -0.25) is 4.72 Å². The van der Waals surface area contributed by atoms with Crippen molar-refractivity contribution in [2.45, 2.75) is 18.1 Å². The van der Waals surface area contributed by atoms with Crippen molar-refractivity contribution >= 4 is 21.7 Å². The number of carbonyl (C=O) groups excluding carboxylic acids is 1. The van der Waals surface area contributed by atoms with E-state index in [1.165, 1.54) is 25.3 Å². The Balaban J connectivity index is 2.31. The summed E-state index contributed by atoms with van der Waals surface area (Å²) in [4.78, 5) is 11.3. The molecule has 98 valence electrons. The fourth-order valence-corrected chi connectivity index (χ4v) is 2.91. The summed E-state index contributed by atoms with van der Waals surface area (Å²) in [6.45, 7) is 0. The molecule has 1 aliphatic rings. The number of aromatic hydroxyl groups is 1. The molecule has 0 atom stereocenters.